The predicted molar refractivity (Wildman–Crippen MR) is 118 cm³/mol. The van der Waals surface area contributed by atoms with Crippen molar-refractivity contribution in [2.75, 3.05) is 19.3 Å². The number of aromatic nitrogens is 2. The topological polar surface area (TPSA) is 92.3 Å². The molecule has 2 heterocycles. The van der Waals surface area contributed by atoms with Gasteiger partial charge in [0, 0.05) is 36.9 Å². The SMILES string of the molecule is CSc1nc(C)c(CCC(=O)N2CCC(NS(=O)(=O)c3ccccc3)CC2)c(C)n1. The lowest BCUT2D eigenvalue weighted by atomic mass is 10.0. The second-order valence-corrected chi connectivity index (χ2v) is 9.94. The number of piperidine rings is 1. The zero-order valence-corrected chi connectivity index (χ0v) is 19.2. The molecule has 2 aromatic rings. The Bertz CT molecular complexity index is 966. The fourth-order valence-electron chi connectivity index (χ4n) is 3.69. The van der Waals surface area contributed by atoms with Crippen molar-refractivity contribution in [3.63, 3.8) is 0 Å². The zero-order chi connectivity index (χ0) is 21.7. The summed E-state index contributed by atoms with van der Waals surface area (Å²) in [7, 11) is -3.53. The summed E-state index contributed by atoms with van der Waals surface area (Å²) in [6.07, 6.45) is 4.19. The predicted octanol–water partition coefficient (Wildman–Crippen LogP) is 2.72. The second-order valence-electron chi connectivity index (χ2n) is 7.45. The lowest BCUT2D eigenvalue weighted by molar-refractivity contribution is -0.132. The van der Waals surface area contributed by atoms with Crippen molar-refractivity contribution >= 4 is 27.7 Å². The van der Waals surface area contributed by atoms with Crippen LogP contribution in [0.25, 0.3) is 0 Å². The number of sulfonamides is 1. The van der Waals surface area contributed by atoms with Crippen molar-refractivity contribution in [1.29, 1.82) is 0 Å². The van der Waals surface area contributed by atoms with Crippen LogP contribution in [0.4, 0.5) is 0 Å². The molecule has 0 atom stereocenters. The average molecular weight is 449 g/mol. The van der Waals surface area contributed by atoms with Gasteiger partial charge in [0.2, 0.25) is 15.9 Å². The first-order chi connectivity index (χ1) is 14.3. The second kappa shape index (κ2) is 9.89. The molecule has 9 heteroatoms. The Morgan fingerprint density at radius 2 is 1.73 bits per heavy atom. The third-order valence-corrected chi connectivity index (χ3v) is 7.48. The normalized spacial score (nSPS) is 15.4. The van der Waals surface area contributed by atoms with Crippen LogP contribution >= 0.6 is 11.8 Å². The lowest BCUT2D eigenvalue weighted by Crippen LogP contribution is -2.46. The van der Waals surface area contributed by atoms with Crippen LogP contribution in [0.15, 0.2) is 40.4 Å². The van der Waals surface area contributed by atoms with Crippen LogP contribution in [0.2, 0.25) is 0 Å². The Balaban J connectivity index is 1.51. The van der Waals surface area contributed by atoms with Gasteiger partial charge in [-0.25, -0.2) is 23.1 Å². The quantitative estimate of drug-likeness (QED) is 0.517. The Labute approximate surface area is 182 Å². The molecule has 1 aromatic heterocycles. The molecule has 3 rings (SSSR count). The summed E-state index contributed by atoms with van der Waals surface area (Å²) in [5.74, 6) is 0.0899. The number of carbonyl (C=O) groups excluding carboxylic acids is 1. The molecule has 162 valence electrons. The number of likely N-dealkylation sites (tertiary alicyclic amines) is 1. The monoisotopic (exact) mass is 448 g/mol. The molecule has 0 spiro atoms. The molecule has 1 aromatic carbocycles. The number of benzene rings is 1. The van der Waals surface area contributed by atoms with E-state index in [-0.39, 0.29) is 16.8 Å². The van der Waals surface area contributed by atoms with Gasteiger partial charge in [-0.15, -0.1) is 0 Å². The number of rotatable bonds is 7. The van der Waals surface area contributed by atoms with Gasteiger partial charge in [-0.05, 0) is 57.1 Å². The Kier molecular flexibility index (Phi) is 7.49. The van der Waals surface area contributed by atoms with Gasteiger partial charge in [0.1, 0.15) is 0 Å². The Morgan fingerprint density at radius 1 is 1.13 bits per heavy atom. The molecule has 0 aliphatic carbocycles. The highest BCUT2D eigenvalue weighted by atomic mass is 32.2. The summed E-state index contributed by atoms with van der Waals surface area (Å²) in [5.41, 5.74) is 2.88. The molecule has 0 bridgehead atoms. The summed E-state index contributed by atoms with van der Waals surface area (Å²) in [6.45, 7) is 5.03. The number of hydrogen-bond acceptors (Lipinski definition) is 6. The number of nitrogens with one attached hydrogen (secondary N) is 1. The molecular weight excluding hydrogens is 420 g/mol. The van der Waals surface area contributed by atoms with Crippen LogP contribution in [-0.4, -0.2) is 54.6 Å². The molecule has 30 heavy (non-hydrogen) atoms. The van der Waals surface area contributed by atoms with Crippen molar-refractivity contribution in [3.05, 3.63) is 47.3 Å². The summed E-state index contributed by atoms with van der Waals surface area (Å²) >= 11 is 1.51. The standard InChI is InChI=1S/C21H28N4O3S2/c1-15-19(16(2)23-21(22-15)29-3)9-10-20(26)25-13-11-17(12-14-25)24-30(27,28)18-7-5-4-6-8-18/h4-8,17,24H,9-14H2,1-3H3. The smallest absolute Gasteiger partial charge is 0.240 e. The molecule has 7 nitrogen and oxygen atoms in total. The number of thioether (sulfide) groups is 1. The van der Waals surface area contributed by atoms with Crippen LogP contribution in [-0.2, 0) is 21.2 Å². The highest BCUT2D eigenvalue weighted by Gasteiger charge is 2.26. The average Bonchev–Trinajstić information content (AvgIpc) is 2.73. The fraction of sp³-hybridized carbons (Fsp3) is 0.476. The van der Waals surface area contributed by atoms with E-state index in [1.54, 1.807) is 30.3 Å². The Hall–Kier alpha value is -1.97. The summed E-state index contributed by atoms with van der Waals surface area (Å²) in [4.78, 5) is 23.7. The number of carbonyl (C=O) groups is 1. The maximum absolute atomic E-state index is 12.7. The van der Waals surface area contributed by atoms with E-state index in [4.69, 9.17) is 0 Å². The van der Waals surface area contributed by atoms with Crippen molar-refractivity contribution in [2.24, 2.45) is 0 Å². The van der Waals surface area contributed by atoms with Gasteiger partial charge in [-0.1, -0.05) is 30.0 Å². The molecule has 1 saturated heterocycles. The highest BCUT2D eigenvalue weighted by Crippen LogP contribution is 2.19. The van der Waals surface area contributed by atoms with Gasteiger partial charge in [0.05, 0.1) is 4.90 Å². The molecule has 1 amide bonds. The van der Waals surface area contributed by atoms with Gasteiger partial charge >= 0.3 is 0 Å². The number of amides is 1. The summed E-state index contributed by atoms with van der Waals surface area (Å²) in [5, 5.41) is 0.750. The van der Waals surface area contributed by atoms with E-state index < -0.39 is 10.0 Å². The maximum atomic E-state index is 12.7. The third-order valence-electron chi connectivity index (χ3n) is 5.39. The first-order valence-corrected chi connectivity index (χ1v) is 12.7. The highest BCUT2D eigenvalue weighted by molar-refractivity contribution is 7.98. The van der Waals surface area contributed by atoms with Crippen LogP contribution in [0.3, 0.4) is 0 Å². The van der Waals surface area contributed by atoms with E-state index in [0.717, 1.165) is 22.1 Å². The van der Waals surface area contributed by atoms with Crippen LogP contribution in [0.5, 0.6) is 0 Å². The first kappa shape index (κ1) is 22.7. The van der Waals surface area contributed by atoms with E-state index in [1.807, 2.05) is 25.0 Å². The third kappa shape index (κ3) is 5.59. The molecule has 0 unspecified atom stereocenters. The van der Waals surface area contributed by atoms with Crippen molar-refractivity contribution in [3.8, 4) is 0 Å². The van der Waals surface area contributed by atoms with E-state index >= 15 is 0 Å². The van der Waals surface area contributed by atoms with Gasteiger partial charge in [-0.3, -0.25) is 4.79 Å². The van der Waals surface area contributed by atoms with E-state index in [0.29, 0.717) is 38.8 Å². The molecule has 1 aliphatic heterocycles. The van der Waals surface area contributed by atoms with Crippen LogP contribution < -0.4 is 4.72 Å². The minimum Gasteiger partial charge on any atom is -0.343 e. The number of nitrogens with zero attached hydrogens (tertiary/aromatic N) is 3. The zero-order valence-electron chi connectivity index (χ0n) is 17.6. The van der Waals surface area contributed by atoms with E-state index in [9.17, 15) is 13.2 Å². The van der Waals surface area contributed by atoms with Crippen molar-refractivity contribution < 1.29 is 13.2 Å². The lowest BCUT2D eigenvalue weighted by Gasteiger charge is -2.32. The van der Waals surface area contributed by atoms with Crippen LogP contribution in [0, 0.1) is 13.8 Å². The summed E-state index contributed by atoms with van der Waals surface area (Å²) in [6, 6.07) is 8.21. The van der Waals surface area contributed by atoms with E-state index in [2.05, 4.69) is 14.7 Å². The minimum atomic E-state index is -3.53. The number of hydrogen-bond donors (Lipinski definition) is 1. The fourth-order valence-corrected chi connectivity index (χ4v) is 5.47. The van der Waals surface area contributed by atoms with Crippen molar-refractivity contribution in [2.45, 2.75) is 55.6 Å². The number of aryl methyl sites for hydroxylation is 2. The molecular formula is C21H28N4O3S2. The first-order valence-electron chi connectivity index (χ1n) is 10.0. The van der Waals surface area contributed by atoms with Gasteiger partial charge in [-0.2, -0.15) is 0 Å². The Morgan fingerprint density at radius 3 is 2.30 bits per heavy atom. The van der Waals surface area contributed by atoms with Gasteiger partial charge in [0.25, 0.3) is 0 Å². The maximum Gasteiger partial charge on any atom is 0.240 e. The minimum absolute atomic E-state index is 0.0899. The molecule has 0 radical (unpaired) electrons. The van der Waals surface area contributed by atoms with Crippen LogP contribution in [0.1, 0.15) is 36.2 Å². The molecule has 1 aliphatic rings. The van der Waals surface area contributed by atoms with E-state index in [1.165, 1.54) is 11.8 Å². The molecule has 0 saturated carbocycles. The van der Waals surface area contributed by atoms with Crippen molar-refractivity contribution in [1.82, 2.24) is 19.6 Å². The largest absolute Gasteiger partial charge is 0.343 e. The molecule has 1 fully saturated rings. The summed E-state index contributed by atoms with van der Waals surface area (Å²) < 4.78 is 27.7. The van der Waals surface area contributed by atoms with Gasteiger partial charge < -0.3 is 4.90 Å². The molecule has 1 N–H and O–H groups in total. The van der Waals surface area contributed by atoms with Gasteiger partial charge in [0.15, 0.2) is 5.16 Å².